The van der Waals surface area contributed by atoms with E-state index in [0.29, 0.717) is 23.0 Å². The van der Waals surface area contributed by atoms with Gasteiger partial charge in [-0.15, -0.1) is 0 Å². The number of carboxylic acids is 2. The third kappa shape index (κ3) is 4.35. The van der Waals surface area contributed by atoms with Gasteiger partial charge >= 0.3 is 11.9 Å². The van der Waals surface area contributed by atoms with Crippen molar-refractivity contribution in [3.05, 3.63) is 47.5 Å². The van der Waals surface area contributed by atoms with Crippen LogP contribution in [0.3, 0.4) is 0 Å². The number of carbonyl (C=O) groups is 2. The summed E-state index contributed by atoms with van der Waals surface area (Å²) < 4.78 is 22.1. The average molecular weight is 360 g/mol. The van der Waals surface area contributed by atoms with Crippen molar-refractivity contribution >= 4 is 11.9 Å². The Labute approximate surface area is 148 Å². The van der Waals surface area contributed by atoms with Crippen LogP contribution in [0, 0.1) is 0 Å². The van der Waals surface area contributed by atoms with Crippen LogP contribution >= 0.6 is 0 Å². The molecule has 0 aliphatic carbocycles. The second-order valence-electron chi connectivity index (χ2n) is 5.39. The molecule has 2 aromatic rings. The summed E-state index contributed by atoms with van der Waals surface area (Å²) >= 11 is 0. The quantitative estimate of drug-likeness (QED) is 0.839. The first-order chi connectivity index (χ1) is 12.5. The van der Waals surface area contributed by atoms with Gasteiger partial charge in [-0.1, -0.05) is 0 Å². The third-order valence-corrected chi connectivity index (χ3v) is 3.50. The molecule has 2 N–H and O–H groups in total. The monoisotopic (exact) mass is 360 g/mol. The lowest BCUT2D eigenvalue weighted by atomic mass is 10.2. The van der Waals surface area contributed by atoms with Crippen molar-refractivity contribution in [3.63, 3.8) is 0 Å². The Morgan fingerprint density at radius 2 is 0.846 bits per heavy atom. The lowest BCUT2D eigenvalue weighted by Crippen LogP contribution is -2.13. The molecular formula is C18H16O8. The number of ether oxygens (including phenoxy) is 4. The summed E-state index contributed by atoms with van der Waals surface area (Å²) in [5.41, 5.74) is 0.0884. The largest absolute Gasteiger partial charge is 0.490 e. The summed E-state index contributed by atoms with van der Waals surface area (Å²) in [6.45, 7) is 0.540. The van der Waals surface area contributed by atoms with Crippen molar-refractivity contribution in [2.24, 2.45) is 0 Å². The van der Waals surface area contributed by atoms with E-state index < -0.39 is 11.9 Å². The highest BCUT2D eigenvalue weighted by molar-refractivity contribution is 5.89. The van der Waals surface area contributed by atoms with Gasteiger partial charge in [-0.25, -0.2) is 9.59 Å². The molecule has 2 aromatic carbocycles. The van der Waals surface area contributed by atoms with Gasteiger partial charge < -0.3 is 29.2 Å². The SMILES string of the molecule is O=C(O)c1cc2cc(c1)OCCOc1cc(cc(C(=O)O)c1)OCCO2. The minimum Gasteiger partial charge on any atom is -0.490 e. The van der Waals surface area contributed by atoms with E-state index in [2.05, 4.69) is 0 Å². The smallest absolute Gasteiger partial charge is 0.335 e. The highest BCUT2D eigenvalue weighted by Crippen LogP contribution is 2.25. The van der Waals surface area contributed by atoms with Gasteiger partial charge in [0.15, 0.2) is 0 Å². The van der Waals surface area contributed by atoms with Crippen molar-refractivity contribution in [2.75, 3.05) is 26.4 Å². The van der Waals surface area contributed by atoms with Crippen LogP contribution in [-0.2, 0) is 0 Å². The molecule has 0 saturated carbocycles. The fourth-order valence-electron chi connectivity index (χ4n) is 2.36. The normalized spacial score (nSPS) is 13.8. The summed E-state index contributed by atoms with van der Waals surface area (Å²) in [5.74, 6) is -0.846. The molecule has 3 rings (SSSR count). The van der Waals surface area contributed by atoms with Gasteiger partial charge in [-0.3, -0.25) is 0 Å². The standard InChI is InChI=1S/C18H16O8/c19-17(20)11-5-13-9-15(7-11)25-3-4-26-16-8-12(18(21)22)6-14(10-16)24-2-1-23-13/h5-10H,1-4H2,(H,19,20)(H,21,22). The van der Waals surface area contributed by atoms with Crippen LogP contribution in [0.2, 0.25) is 0 Å². The molecule has 0 unspecified atom stereocenters. The summed E-state index contributed by atoms with van der Waals surface area (Å²) in [4.78, 5) is 22.4. The number of benzene rings is 2. The van der Waals surface area contributed by atoms with E-state index in [9.17, 15) is 19.8 Å². The Kier molecular flexibility index (Phi) is 5.12. The minimum atomic E-state index is -1.09. The second kappa shape index (κ2) is 7.64. The predicted octanol–water partition coefficient (Wildman–Crippen LogP) is 2.31. The van der Waals surface area contributed by atoms with Crippen molar-refractivity contribution < 1.29 is 38.7 Å². The summed E-state index contributed by atoms with van der Waals surface area (Å²) in [7, 11) is 0. The minimum absolute atomic E-state index is 0.0442. The fourth-order valence-corrected chi connectivity index (χ4v) is 2.36. The zero-order valence-electron chi connectivity index (χ0n) is 13.6. The molecule has 0 aromatic heterocycles. The summed E-state index contributed by atoms with van der Waals surface area (Å²) in [5, 5.41) is 18.3. The maximum atomic E-state index is 11.2. The molecule has 0 radical (unpaired) electrons. The van der Waals surface area contributed by atoms with Gasteiger partial charge in [0, 0.05) is 12.1 Å². The molecule has 8 nitrogen and oxygen atoms in total. The molecule has 0 amide bonds. The van der Waals surface area contributed by atoms with Crippen molar-refractivity contribution in [1.82, 2.24) is 0 Å². The number of hydrogen-bond donors (Lipinski definition) is 2. The Morgan fingerprint density at radius 3 is 1.08 bits per heavy atom. The van der Waals surface area contributed by atoms with Gasteiger partial charge in [-0.05, 0) is 24.3 Å². The van der Waals surface area contributed by atoms with Crippen LogP contribution in [-0.4, -0.2) is 48.6 Å². The summed E-state index contributed by atoms with van der Waals surface area (Å²) in [6.07, 6.45) is 0. The zero-order valence-corrected chi connectivity index (χ0v) is 13.6. The van der Waals surface area contributed by atoms with Crippen molar-refractivity contribution in [3.8, 4) is 23.0 Å². The Morgan fingerprint density at radius 1 is 0.577 bits per heavy atom. The average Bonchev–Trinajstić information content (AvgIpc) is 2.61. The molecule has 1 aliphatic heterocycles. The van der Waals surface area contributed by atoms with E-state index in [1.807, 2.05) is 0 Å². The van der Waals surface area contributed by atoms with Crippen LogP contribution in [0.5, 0.6) is 23.0 Å². The number of rotatable bonds is 2. The fraction of sp³-hybridized carbons (Fsp3) is 0.222. The van der Waals surface area contributed by atoms with Crippen molar-refractivity contribution in [2.45, 2.75) is 0 Å². The molecule has 26 heavy (non-hydrogen) atoms. The molecule has 1 heterocycles. The van der Waals surface area contributed by atoms with Crippen molar-refractivity contribution in [1.29, 1.82) is 0 Å². The molecule has 8 heteroatoms. The van der Waals surface area contributed by atoms with E-state index in [-0.39, 0.29) is 37.6 Å². The van der Waals surface area contributed by atoms with Gasteiger partial charge in [-0.2, -0.15) is 0 Å². The van der Waals surface area contributed by atoms with Crippen LogP contribution in [0.15, 0.2) is 36.4 Å². The van der Waals surface area contributed by atoms with E-state index in [4.69, 9.17) is 18.9 Å². The first-order valence-corrected chi connectivity index (χ1v) is 7.79. The Hall–Kier alpha value is -3.42. The molecule has 0 spiro atoms. The topological polar surface area (TPSA) is 112 Å². The van der Waals surface area contributed by atoms with Gasteiger partial charge in [0.25, 0.3) is 0 Å². The van der Waals surface area contributed by atoms with Gasteiger partial charge in [0.2, 0.25) is 0 Å². The van der Waals surface area contributed by atoms with E-state index >= 15 is 0 Å². The molecule has 0 atom stereocenters. The number of hydrogen-bond acceptors (Lipinski definition) is 6. The van der Waals surface area contributed by atoms with Gasteiger partial charge in [0.05, 0.1) is 11.1 Å². The molecule has 4 bridgehead atoms. The molecule has 0 saturated heterocycles. The highest BCUT2D eigenvalue weighted by Gasteiger charge is 2.12. The lowest BCUT2D eigenvalue weighted by Gasteiger charge is -2.15. The number of aromatic carboxylic acids is 2. The van der Waals surface area contributed by atoms with E-state index in [1.54, 1.807) is 12.1 Å². The highest BCUT2D eigenvalue weighted by atomic mass is 16.5. The van der Waals surface area contributed by atoms with E-state index in [0.717, 1.165) is 0 Å². The van der Waals surface area contributed by atoms with E-state index in [1.165, 1.54) is 24.3 Å². The van der Waals surface area contributed by atoms with Crippen LogP contribution in [0.25, 0.3) is 0 Å². The lowest BCUT2D eigenvalue weighted by molar-refractivity contribution is 0.0684. The zero-order chi connectivity index (χ0) is 18.5. The maximum absolute atomic E-state index is 11.2. The Balaban J connectivity index is 1.82. The molecule has 1 aliphatic rings. The third-order valence-electron chi connectivity index (χ3n) is 3.50. The first-order valence-electron chi connectivity index (χ1n) is 7.79. The van der Waals surface area contributed by atoms with Crippen LogP contribution in [0.1, 0.15) is 20.7 Å². The van der Waals surface area contributed by atoms with Crippen LogP contribution < -0.4 is 18.9 Å². The van der Waals surface area contributed by atoms with Gasteiger partial charge in [0.1, 0.15) is 49.4 Å². The molecule has 136 valence electrons. The predicted molar refractivity (Wildman–Crippen MR) is 88.8 cm³/mol. The van der Waals surface area contributed by atoms with Crippen LogP contribution in [0.4, 0.5) is 0 Å². The second-order valence-corrected chi connectivity index (χ2v) is 5.39. The first kappa shape index (κ1) is 17.4. The number of carboxylic acid groups (broad SMARTS) is 2. The molecular weight excluding hydrogens is 344 g/mol. The molecule has 0 fully saturated rings. The number of fused-ring (bicyclic) bond motifs is 4. The summed E-state index contributed by atoms with van der Waals surface area (Å²) in [6, 6.07) is 8.73. The Bertz CT molecular complexity index is 712. The maximum Gasteiger partial charge on any atom is 0.335 e.